The monoisotopic (exact) mass is 712 g/mol. The number of hydrogen-bond acceptors (Lipinski definition) is 6. The smallest absolute Gasteiger partial charge is 0.259 e. The number of halogens is 5. The van der Waals surface area contributed by atoms with Gasteiger partial charge >= 0.3 is 0 Å². The Bertz CT molecular complexity index is 1960. The topological polar surface area (TPSA) is 118 Å². The predicted molar refractivity (Wildman–Crippen MR) is 179 cm³/mol. The number of aryl methyl sites for hydroxylation is 2. The summed E-state index contributed by atoms with van der Waals surface area (Å²) in [5.74, 6) is -2.73. The molecule has 0 saturated carbocycles. The van der Waals surface area contributed by atoms with E-state index in [2.05, 4.69) is 20.8 Å². The zero-order valence-electron chi connectivity index (χ0n) is 27.2. The highest BCUT2D eigenvalue weighted by Gasteiger charge is 2.31. The Balaban J connectivity index is 0.000000195. The van der Waals surface area contributed by atoms with Gasteiger partial charge in [-0.3, -0.25) is 14.4 Å². The molecule has 2 aliphatic heterocycles. The largest absolute Gasteiger partial charge is 0.492 e. The third kappa shape index (κ3) is 8.01. The first kappa shape index (κ1) is 36.1. The third-order valence-electron chi connectivity index (χ3n) is 8.12. The summed E-state index contributed by atoms with van der Waals surface area (Å²) in [6, 6.07) is 12.5. The second-order valence-electron chi connectivity index (χ2n) is 11.7. The van der Waals surface area contributed by atoms with Crippen LogP contribution in [0.4, 0.5) is 28.9 Å². The maximum atomic E-state index is 14.3. The molecule has 2 atom stereocenters. The molecule has 2 heterocycles. The maximum absolute atomic E-state index is 14.3. The van der Waals surface area contributed by atoms with Gasteiger partial charge in [-0.25, -0.2) is 22.4 Å². The van der Waals surface area contributed by atoms with E-state index in [4.69, 9.17) is 21.3 Å². The number of nitrogens with one attached hydrogen (secondary N) is 4. The van der Waals surface area contributed by atoms with E-state index in [0.717, 1.165) is 0 Å². The summed E-state index contributed by atoms with van der Waals surface area (Å²) in [6.45, 7) is 5.10. The zero-order valence-corrected chi connectivity index (χ0v) is 27.9. The number of carbonyl (C=O) groups excluding carboxylic acids is 3. The second-order valence-corrected chi connectivity index (χ2v) is 11.9. The fourth-order valence-electron chi connectivity index (χ4n) is 5.66. The van der Waals surface area contributed by atoms with E-state index >= 15 is 0 Å². The molecule has 0 aromatic heterocycles. The number of anilines is 2. The minimum Gasteiger partial charge on any atom is -0.492 e. The van der Waals surface area contributed by atoms with E-state index in [1.807, 2.05) is 0 Å². The quantitative estimate of drug-likeness (QED) is 0.121. The van der Waals surface area contributed by atoms with Crippen molar-refractivity contribution in [2.75, 3.05) is 23.8 Å². The van der Waals surface area contributed by atoms with E-state index in [1.165, 1.54) is 67.6 Å². The molecule has 4 aromatic rings. The summed E-state index contributed by atoms with van der Waals surface area (Å²) in [6.07, 6.45) is 0.904. The van der Waals surface area contributed by atoms with Crippen molar-refractivity contribution in [1.29, 1.82) is 0 Å². The van der Waals surface area contributed by atoms with E-state index < -0.39 is 35.5 Å². The van der Waals surface area contributed by atoms with Crippen molar-refractivity contribution in [1.82, 2.24) is 10.2 Å². The highest BCUT2D eigenvalue weighted by atomic mass is 35.5. The Morgan fingerprint density at radius 3 is 1.50 bits per heavy atom. The van der Waals surface area contributed by atoms with Crippen molar-refractivity contribution in [2.24, 2.45) is 0 Å². The Morgan fingerprint density at radius 1 is 0.660 bits per heavy atom. The molecule has 262 valence electrons. The lowest BCUT2D eigenvalue weighted by atomic mass is 9.96. The van der Waals surface area contributed by atoms with Gasteiger partial charge < -0.3 is 25.4 Å². The van der Waals surface area contributed by atoms with Crippen LogP contribution in [0.2, 0.25) is 0 Å². The first-order chi connectivity index (χ1) is 23.9. The number of fused-ring (bicyclic) bond motifs is 2. The number of rotatable bonds is 6. The van der Waals surface area contributed by atoms with Crippen molar-refractivity contribution in [3.8, 4) is 11.5 Å². The Hall–Kier alpha value is -5.14. The number of amides is 3. The van der Waals surface area contributed by atoms with Crippen LogP contribution >= 0.6 is 11.8 Å². The molecule has 2 aliphatic rings. The molecule has 4 aromatic carbocycles. The molecule has 14 heteroatoms. The molecule has 0 aliphatic carbocycles. The molecule has 0 unspecified atom stereocenters. The fourth-order valence-corrected chi connectivity index (χ4v) is 5.87. The van der Waals surface area contributed by atoms with Gasteiger partial charge in [-0.2, -0.15) is 0 Å². The Labute approximate surface area is 290 Å². The molecule has 0 radical (unpaired) electrons. The van der Waals surface area contributed by atoms with Crippen LogP contribution in [0.1, 0.15) is 74.8 Å². The van der Waals surface area contributed by atoms with Crippen LogP contribution in [0, 0.1) is 37.1 Å². The molecule has 9 nitrogen and oxygen atoms in total. The van der Waals surface area contributed by atoms with Crippen LogP contribution < -0.4 is 30.3 Å². The fraction of sp³-hybridized carbons (Fsp3) is 0.250. The lowest BCUT2D eigenvalue weighted by molar-refractivity contribution is -0.119. The summed E-state index contributed by atoms with van der Waals surface area (Å²) >= 11 is 5.67. The van der Waals surface area contributed by atoms with Crippen molar-refractivity contribution in [3.63, 3.8) is 0 Å². The molecular formula is C36H33ClF4N4O5. The number of hydrogen-bond donors (Lipinski definition) is 4. The van der Waals surface area contributed by atoms with Crippen LogP contribution in [0.25, 0.3) is 0 Å². The maximum Gasteiger partial charge on any atom is 0.259 e. The summed E-state index contributed by atoms with van der Waals surface area (Å²) < 4.78 is 66.2. The molecule has 0 bridgehead atoms. The molecule has 6 rings (SSSR count). The molecule has 0 saturated heterocycles. The zero-order chi connectivity index (χ0) is 36.1. The Kier molecular flexibility index (Phi) is 11.3. The molecule has 50 heavy (non-hydrogen) atoms. The van der Waals surface area contributed by atoms with Gasteiger partial charge in [0, 0.05) is 36.7 Å². The average Bonchev–Trinajstić information content (AvgIpc) is 3.08. The number of ether oxygens (including phenoxy) is 2. The van der Waals surface area contributed by atoms with Crippen LogP contribution in [0.3, 0.4) is 0 Å². The minimum absolute atomic E-state index is 0.117. The molecule has 0 spiro atoms. The van der Waals surface area contributed by atoms with Gasteiger partial charge in [0.1, 0.15) is 34.8 Å². The van der Waals surface area contributed by atoms with Gasteiger partial charge in [0.25, 0.3) is 11.8 Å². The van der Waals surface area contributed by atoms with Crippen molar-refractivity contribution in [2.45, 2.75) is 45.7 Å². The third-order valence-corrected chi connectivity index (χ3v) is 8.38. The van der Waals surface area contributed by atoms with Crippen LogP contribution in [-0.4, -0.2) is 30.9 Å². The van der Waals surface area contributed by atoms with Crippen LogP contribution in [-0.2, 0) is 4.79 Å². The lowest BCUT2D eigenvalue weighted by Crippen LogP contribution is -2.32. The second kappa shape index (κ2) is 15.6. The minimum atomic E-state index is -0.558. The van der Waals surface area contributed by atoms with Gasteiger partial charge in [0.15, 0.2) is 0 Å². The van der Waals surface area contributed by atoms with E-state index in [1.54, 1.807) is 13.8 Å². The number of carbonyl (C=O) groups is 3. The number of benzene rings is 4. The van der Waals surface area contributed by atoms with Gasteiger partial charge in [0.05, 0.1) is 42.0 Å². The summed E-state index contributed by atoms with van der Waals surface area (Å²) in [5.41, 5.74) is 2.42. The molecule has 0 fully saturated rings. The lowest BCUT2D eigenvalue weighted by Gasteiger charge is -2.28. The Morgan fingerprint density at radius 2 is 1.08 bits per heavy atom. The van der Waals surface area contributed by atoms with E-state index in [-0.39, 0.29) is 57.9 Å². The van der Waals surface area contributed by atoms with E-state index in [0.29, 0.717) is 42.0 Å². The van der Waals surface area contributed by atoms with Gasteiger partial charge in [-0.05, 0) is 97.4 Å². The summed E-state index contributed by atoms with van der Waals surface area (Å²) in [4.78, 5) is 39.0. The molecule has 4 N–H and O–H groups in total. The summed E-state index contributed by atoms with van der Waals surface area (Å²) in [5, 5.41) is 8.00. The highest BCUT2D eigenvalue weighted by Crippen LogP contribution is 2.39. The van der Waals surface area contributed by atoms with Crippen LogP contribution in [0.5, 0.6) is 11.5 Å². The van der Waals surface area contributed by atoms with Crippen molar-refractivity contribution < 1.29 is 41.4 Å². The highest BCUT2D eigenvalue weighted by molar-refractivity contribution is 6.13. The van der Waals surface area contributed by atoms with E-state index in [9.17, 15) is 31.9 Å². The van der Waals surface area contributed by atoms with Crippen LogP contribution in [0.15, 0.2) is 60.7 Å². The van der Waals surface area contributed by atoms with Crippen molar-refractivity contribution in [3.05, 3.63) is 117 Å². The SMILES string of the molecule is CC(=O)N[C@H]1CCOc2c(C(=O)Nc3ccc(F)c(C)c3)ccc(F)c21.Cc1cc(NC(=O)c2ccc(F)c3c2OCC[C@@H]3NCl)ccc1F. The van der Waals surface area contributed by atoms with Crippen molar-refractivity contribution >= 4 is 40.9 Å². The average molecular weight is 713 g/mol. The van der Waals surface area contributed by atoms with Gasteiger partial charge in [0.2, 0.25) is 5.91 Å². The first-order valence-corrected chi connectivity index (χ1v) is 15.9. The first-order valence-electron chi connectivity index (χ1n) is 15.6. The standard InChI is InChI=1S/C19H18F2N2O3.C17H15ClF2N2O2/c1-10-9-12(3-5-14(10)20)23-19(25)13-4-6-15(21)17-16(22-11(2)24)7-8-26-18(13)17;1-9-8-10(2-4-12(9)19)21-17(23)11-3-5-13(20)15-14(22-18)6-7-24-16(11)15/h3-6,9,16H,7-8H2,1-2H3,(H,22,24)(H,23,25);2-5,8,14,22H,6-7H2,1H3,(H,21,23)/t16-;14-/m00/s1. The molecule has 3 amide bonds. The normalized spacial score (nSPS) is 15.9. The molecular weight excluding hydrogens is 680 g/mol. The van der Waals surface area contributed by atoms with Gasteiger partial charge in [-0.15, -0.1) is 0 Å². The summed E-state index contributed by atoms with van der Waals surface area (Å²) in [7, 11) is 0. The van der Waals surface area contributed by atoms with Gasteiger partial charge in [-0.1, -0.05) is 0 Å². The predicted octanol–water partition coefficient (Wildman–Crippen LogP) is 7.58.